The first-order valence-electron chi connectivity index (χ1n) is 9.14. The average molecular weight is 429 g/mol. The van der Waals surface area contributed by atoms with Crippen LogP contribution in [0.2, 0.25) is 0 Å². The lowest BCUT2D eigenvalue weighted by molar-refractivity contribution is -0.386. The molecule has 1 N–H and O–H groups in total. The van der Waals surface area contributed by atoms with Crippen LogP contribution in [0.3, 0.4) is 0 Å². The van der Waals surface area contributed by atoms with E-state index < -0.39 is 15.8 Å². The number of ether oxygens (including phenoxy) is 1. The fourth-order valence-electron chi connectivity index (χ4n) is 2.96. The monoisotopic (exact) mass is 429 g/mol. The van der Waals surface area contributed by atoms with Crippen LogP contribution in [0.4, 0.5) is 11.4 Å². The molecule has 0 spiro atoms. The SMILES string of the molecule is Cc1nn(CCNC(=O)c2ccn(COc3ccccc3[N+](=O)[O-])n2)c(C)c1[N+](=O)[O-]. The van der Waals surface area contributed by atoms with E-state index in [1.807, 2.05) is 0 Å². The molecule has 2 heterocycles. The summed E-state index contributed by atoms with van der Waals surface area (Å²) in [5.74, 6) is -0.353. The Morgan fingerprint density at radius 2 is 1.87 bits per heavy atom. The number of amides is 1. The number of aryl methyl sites for hydroxylation is 1. The number of carbonyl (C=O) groups is 1. The van der Waals surface area contributed by atoms with Crippen LogP contribution in [0.5, 0.6) is 5.75 Å². The van der Waals surface area contributed by atoms with Gasteiger partial charge >= 0.3 is 11.4 Å². The molecule has 13 heteroatoms. The van der Waals surface area contributed by atoms with Crippen molar-refractivity contribution in [2.75, 3.05) is 6.54 Å². The summed E-state index contributed by atoms with van der Waals surface area (Å²) in [6.07, 6.45) is 1.51. The predicted octanol–water partition coefficient (Wildman–Crippen LogP) is 1.98. The first-order valence-corrected chi connectivity index (χ1v) is 9.14. The fourth-order valence-corrected chi connectivity index (χ4v) is 2.96. The van der Waals surface area contributed by atoms with E-state index in [2.05, 4.69) is 15.5 Å². The number of hydrogen-bond acceptors (Lipinski definition) is 8. The summed E-state index contributed by atoms with van der Waals surface area (Å²) in [6, 6.07) is 7.42. The zero-order chi connectivity index (χ0) is 22.5. The maximum absolute atomic E-state index is 12.3. The molecule has 0 aliphatic carbocycles. The molecule has 3 aromatic rings. The van der Waals surface area contributed by atoms with E-state index in [-0.39, 0.29) is 42.6 Å². The number of rotatable bonds is 9. The number of benzene rings is 1. The smallest absolute Gasteiger partial charge is 0.312 e. The van der Waals surface area contributed by atoms with Crippen LogP contribution < -0.4 is 10.1 Å². The molecule has 1 amide bonds. The summed E-state index contributed by atoms with van der Waals surface area (Å²) in [5, 5.41) is 32.9. The molecule has 0 saturated heterocycles. The van der Waals surface area contributed by atoms with Gasteiger partial charge in [-0.2, -0.15) is 10.2 Å². The third kappa shape index (κ3) is 4.83. The van der Waals surface area contributed by atoms with Crippen molar-refractivity contribution in [3.8, 4) is 5.75 Å². The number of nitro benzene ring substituents is 1. The van der Waals surface area contributed by atoms with Gasteiger partial charge in [0.25, 0.3) is 5.91 Å². The molecule has 0 saturated carbocycles. The van der Waals surface area contributed by atoms with E-state index in [0.29, 0.717) is 11.4 Å². The van der Waals surface area contributed by atoms with Gasteiger partial charge in [-0.1, -0.05) is 12.1 Å². The highest BCUT2D eigenvalue weighted by molar-refractivity contribution is 5.92. The number of aromatic nitrogens is 4. The molecule has 0 unspecified atom stereocenters. The molecule has 0 bridgehead atoms. The number of para-hydroxylation sites is 2. The number of nitrogens with one attached hydrogen (secondary N) is 1. The lowest BCUT2D eigenvalue weighted by Crippen LogP contribution is -2.28. The summed E-state index contributed by atoms with van der Waals surface area (Å²) in [6.45, 7) is 3.48. The molecule has 0 radical (unpaired) electrons. The molecule has 0 aliphatic rings. The summed E-state index contributed by atoms with van der Waals surface area (Å²) in [7, 11) is 0. The molecule has 3 rings (SSSR count). The molecular weight excluding hydrogens is 410 g/mol. The Morgan fingerprint density at radius 1 is 1.13 bits per heavy atom. The minimum absolute atomic E-state index is 0.0382. The molecule has 1 aromatic carbocycles. The van der Waals surface area contributed by atoms with Crippen LogP contribution >= 0.6 is 0 Å². The Balaban J connectivity index is 1.55. The summed E-state index contributed by atoms with van der Waals surface area (Å²) in [5.41, 5.74) is 0.644. The number of carbonyl (C=O) groups excluding carboxylic acids is 1. The number of nitrogens with zero attached hydrogens (tertiary/aromatic N) is 6. The van der Waals surface area contributed by atoms with Crippen LogP contribution in [0, 0.1) is 34.1 Å². The molecular formula is C18H19N7O6. The van der Waals surface area contributed by atoms with Gasteiger partial charge in [0.05, 0.1) is 16.4 Å². The molecule has 0 atom stereocenters. The molecule has 0 fully saturated rings. The van der Waals surface area contributed by atoms with Gasteiger partial charge in [0, 0.05) is 18.8 Å². The molecule has 13 nitrogen and oxygen atoms in total. The van der Waals surface area contributed by atoms with Crippen molar-refractivity contribution in [1.29, 1.82) is 0 Å². The summed E-state index contributed by atoms with van der Waals surface area (Å²) < 4.78 is 8.22. The van der Waals surface area contributed by atoms with Crippen LogP contribution in [0.25, 0.3) is 0 Å². The van der Waals surface area contributed by atoms with Crippen molar-refractivity contribution < 1.29 is 19.4 Å². The predicted molar refractivity (Wildman–Crippen MR) is 107 cm³/mol. The first-order chi connectivity index (χ1) is 14.8. The third-order valence-electron chi connectivity index (χ3n) is 4.42. The maximum atomic E-state index is 12.3. The Bertz CT molecular complexity index is 1140. The van der Waals surface area contributed by atoms with E-state index in [1.54, 1.807) is 19.9 Å². The average Bonchev–Trinajstić information content (AvgIpc) is 3.31. The normalized spacial score (nSPS) is 10.6. The standard InChI is InChI=1S/C18H19N7O6/c1-12-17(25(29)30)13(2)23(20-12)10-8-19-18(26)14-7-9-22(21-14)11-31-16-6-4-3-5-15(16)24(27)28/h3-7,9H,8,10-11H2,1-2H3,(H,19,26). The Kier molecular flexibility index (Phi) is 6.23. The van der Waals surface area contributed by atoms with E-state index in [9.17, 15) is 25.0 Å². The Hall–Kier alpha value is -4.29. The lowest BCUT2D eigenvalue weighted by Gasteiger charge is -2.07. The second kappa shape index (κ2) is 9.02. The van der Waals surface area contributed by atoms with Gasteiger partial charge < -0.3 is 10.1 Å². The molecule has 162 valence electrons. The molecule has 2 aromatic heterocycles. The number of nitro groups is 2. The lowest BCUT2D eigenvalue weighted by atomic mass is 10.3. The highest BCUT2D eigenvalue weighted by atomic mass is 16.6. The third-order valence-corrected chi connectivity index (χ3v) is 4.42. The van der Waals surface area contributed by atoms with Crippen LogP contribution in [-0.4, -0.2) is 41.9 Å². The van der Waals surface area contributed by atoms with Gasteiger partial charge in [0.1, 0.15) is 17.1 Å². The van der Waals surface area contributed by atoms with Gasteiger partial charge in [0.15, 0.2) is 12.5 Å². The maximum Gasteiger partial charge on any atom is 0.312 e. The van der Waals surface area contributed by atoms with Crippen LogP contribution in [0.1, 0.15) is 21.9 Å². The zero-order valence-corrected chi connectivity index (χ0v) is 16.7. The summed E-state index contributed by atoms with van der Waals surface area (Å²) in [4.78, 5) is 33.3. The van der Waals surface area contributed by atoms with Crippen LogP contribution in [0.15, 0.2) is 36.5 Å². The number of hydrogen-bond donors (Lipinski definition) is 1. The highest BCUT2D eigenvalue weighted by Crippen LogP contribution is 2.26. The van der Waals surface area contributed by atoms with Crippen molar-refractivity contribution in [1.82, 2.24) is 24.9 Å². The fraction of sp³-hybridized carbons (Fsp3) is 0.278. The van der Waals surface area contributed by atoms with E-state index >= 15 is 0 Å². The quantitative estimate of drug-likeness (QED) is 0.399. The zero-order valence-electron chi connectivity index (χ0n) is 16.7. The largest absolute Gasteiger partial charge is 0.464 e. The topological polar surface area (TPSA) is 160 Å². The van der Waals surface area contributed by atoms with Crippen molar-refractivity contribution in [3.63, 3.8) is 0 Å². The van der Waals surface area contributed by atoms with E-state index in [1.165, 1.54) is 39.8 Å². The van der Waals surface area contributed by atoms with Gasteiger partial charge in [-0.15, -0.1) is 0 Å². The Labute approximate surface area is 175 Å². The van der Waals surface area contributed by atoms with E-state index in [4.69, 9.17) is 4.74 Å². The molecule has 0 aliphatic heterocycles. The molecule has 31 heavy (non-hydrogen) atoms. The van der Waals surface area contributed by atoms with Crippen molar-refractivity contribution in [2.45, 2.75) is 27.1 Å². The van der Waals surface area contributed by atoms with Crippen molar-refractivity contribution >= 4 is 17.3 Å². The van der Waals surface area contributed by atoms with E-state index in [0.717, 1.165) is 0 Å². The van der Waals surface area contributed by atoms with Crippen LogP contribution in [-0.2, 0) is 13.3 Å². The van der Waals surface area contributed by atoms with Gasteiger partial charge in [0.2, 0.25) is 0 Å². The van der Waals surface area contributed by atoms with Gasteiger partial charge in [-0.3, -0.25) is 29.7 Å². The highest BCUT2D eigenvalue weighted by Gasteiger charge is 2.21. The van der Waals surface area contributed by atoms with Crippen molar-refractivity contribution in [3.05, 3.63) is 73.8 Å². The second-order valence-electron chi connectivity index (χ2n) is 6.49. The summed E-state index contributed by atoms with van der Waals surface area (Å²) >= 11 is 0. The minimum atomic E-state index is -0.547. The minimum Gasteiger partial charge on any atom is -0.464 e. The van der Waals surface area contributed by atoms with Gasteiger partial charge in [-0.25, -0.2) is 4.68 Å². The second-order valence-corrected chi connectivity index (χ2v) is 6.49. The Morgan fingerprint density at radius 3 is 2.55 bits per heavy atom. The van der Waals surface area contributed by atoms with Crippen molar-refractivity contribution in [2.24, 2.45) is 0 Å². The van der Waals surface area contributed by atoms with Gasteiger partial charge in [-0.05, 0) is 26.0 Å². The first kappa shape index (κ1) is 21.4.